The molecule has 1 heterocycles. The monoisotopic (exact) mass is 312 g/mol. The number of benzene rings is 2. The van der Waals surface area contributed by atoms with Crippen molar-refractivity contribution in [1.82, 2.24) is 9.97 Å². The zero-order valence-electron chi connectivity index (χ0n) is 11.8. The molecule has 116 valence electrons. The van der Waals surface area contributed by atoms with Crippen LogP contribution < -0.4 is 5.32 Å². The van der Waals surface area contributed by atoms with Crippen LogP contribution in [-0.4, -0.2) is 26.0 Å². The molecular formula is C15H12N4O4. The second-order valence-electron chi connectivity index (χ2n) is 4.86. The van der Waals surface area contributed by atoms with Crippen LogP contribution in [0.1, 0.15) is 15.9 Å². The van der Waals surface area contributed by atoms with E-state index in [4.69, 9.17) is 5.11 Å². The molecule has 0 radical (unpaired) electrons. The fourth-order valence-corrected chi connectivity index (χ4v) is 2.24. The fourth-order valence-electron chi connectivity index (χ4n) is 2.24. The SMILES string of the molecule is O=C(O)c1ccc2nc(NCc3ccccc3[N+](=O)[O-])[nH]c2c1. The maximum Gasteiger partial charge on any atom is 0.335 e. The van der Waals surface area contributed by atoms with E-state index in [1.807, 2.05) is 0 Å². The summed E-state index contributed by atoms with van der Waals surface area (Å²) in [5.41, 5.74) is 1.91. The highest BCUT2D eigenvalue weighted by Gasteiger charge is 2.13. The molecule has 0 amide bonds. The number of nitro groups is 1. The number of aromatic amines is 1. The topological polar surface area (TPSA) is 121 Å². The van der Waals surface area contributed by atoms with Crippen molar-refractivity contribution in [2.24, 2.45) is 0 Å². The molecule has 0 aliphatic rings. The minimum Gasteiger partial charge on any atom is -0.478 e. The Labute approximate surface area is 129 Å². The highest BCUT2D eigenvalue weighted by molar-refractivity contribution is 5.92. The maximum absolute atomic E-state index is 11.0. The van der Waals surface area contributed by atoms with Gasteiger partial charge >= 0.3 is 5.97 Å². The number of aromatic carboxylic acids is 1. The first-order valence-electron chi connectivity index (χ1n) is 6.74. The van der Waals surface area contributed by atoms with E-state index in [1.165, 1.54) is 18.2 Å². The highest BCUT2D eigenvalue weighted by atomic mass is 16.6. The van der Waals surface area contributed by atoms with E-state index < -0.39 is 10.9 Å². The molecular weight excluding hydrogens is 300 g/mol. The number of nitro benzene ring substituents is 1. The Balaban J connectivity index is 1.82. The van der Waals surface area contributed by atoms with Gasteiger partial charge in [-0.3, -0.25) is 10.1 Å². The van der Waals surface area contributed by atoms with Gasteiger partial charge in [0.2, 0.25) is 5.95 Å². The Morgan fingerprint density at radius 3 is 2.83 bits per heavy atom. The van der Waals surface area contributed by atoms with Gasteiger partial charge in [-0.15, -0.1) is 0 Å². The number of aromatic nitrogens is 2. The van der Waals surface area contributed by atoms with Crippen LogP contribution >= 0.6 is 0 Å². The Bertz CT molecular complexity index is 903. The van der Waals surface area contributed by atoms with Gasteiger partial charge in [-0.2, -0.15) is 0 Å². The van der Waals surface area contributed by atoms with Crippen LogP contribution in [0.3, 0.4) is 0 Å². The second kappa shape index (κ2) is 5.76. The van der Waals surface area contributed by atoms with Crippen LogP contribution in [0.4, 0.5) is 11.6 Å². The van der Waals surface area contributed by atoms with Gasteiger partial charge in [0, 0.05) is 18.2 Å². The number of fused-ring (bicyclic) bond motifs is 1. The lowest BCUT2D eigenvalue weighted by molar-refractivity contribution is -0.385. The van der Waals surface area contributed by atoms with Crippen LogP contribution in [-0.2, 0) is 6.54 Å². The molecule has 2 aromatic carbocycles. The Morgan fingerprint density at radius 2 is 2.09 bits per heavy atom. The summed E-state index contributed by atoms with van der Waals surface area (Å²) in [5.74, 6) is -0.600. The highest BCUT2D eigenvalue weighted by Crippen LogP contribution is 2.20. The molecule has 3 aromatic rings. The third-order valence-corrected chi connectivity index (χ3v) is 3.36. The van der Waals surface area contributed by atoms with Crippen molar-refractivity contribution in [3.05, 3.63) is 63.7 Å². The Hall–Kier alpha value is -3.42. The molecule has 0 fully saturated rings. The number of nitrogens with zero attached hydrogens (tertiary/aromatic N) is 2. The number of hydrogen-bond acceptors (Lipinski definition) is 5. The molecule has 23 heavy (non-hydrogen) atoms. The summed E-state index contributed by atoms with van der Waals surface area (Å²) in [6, 6.07) is 11.0. The normalized spacial score (nSPS) is 10.6. The third kappa shape index (κ3) is 2.95. The number of carbonyl (C=O) groups is 1. The van der Waals surface area contributed by atoms with Gasteiger partial charge in [-0.1, -0.05) is 18.2 Å². The third-order valence-electron chi connectivity index (χ3n) is 3.36. The molecule has 3 rings (SSSR count). The number of anilines is 1. The molecule has 0 aliphatic heterocycles. The van der Waals surface area contributed by atoms with Crippen LogP contribution in [0, 0.1) is 10.1 Å². The molecule has 0 aliphatic carbocycles. The number of rotatable bonds is 5. The summed E-state index contributed by atoms with van der Waals surface area (Å²) in [7, 11) is 0. The number of nitrogens with one attached hydrogen (secondary N) is 2. The summed E-state index contributed by atoms with van der Waals surface area (Å²) >= 11 is 0. The lowest BCUT2D eigenvalue weighted by Gasteiger charge is -2.03. The van der Waals surface area contributed by atoms with E-state index in [-0.39, 0.29) is 17.8 Å². The van der Waals surface area contributed by atoms with Crippen molar-refractivity contribution >= 4 is 28.6 Å². The van der Waals surface area contributed by atoms with Gasteiger partial charge < -0.3 is 15.4 Å². The summed E-state index contributed by atoms with van der Waals surface area (Å²) in [5, 5.41) is 22.9. The fraction of sp³-hybridized carbons (Fsp3) is 0.0667. The van der Waals surface area contributed by atoms with Crippen LogP contribution in [0.2, 0.25) is 0 Å². The van der Waals surface area contributed by atoms with E-state index in [0.29, 0.717) is 22.5 Å². The largest absolute Gasteiger partial charge is 0.478 e. The number of imidazole rings is 1. The van der Waals surface area contributed by atoms with E-state index in [0.717, 1.165) is 0 Å². The zero-order chi connectivity index (χ0) is 16.4. The Kier molecular flexibility index (Phi) is 3.63. The van der Waals surface area contributed by atoms with Crippen LogP contribution in [0.5, 0.6) is 0 Å². The summed E-state index contributed by atoms with van der Waals surface area (Å²) in [4.78, 5) is 28.7. The van der Waals surface area contributed by atoms with E-state index in [9.17, 15) is 14.9 Å². The molecule has 0 spiro atoms. The smallest absolute Gasteiger partial charge is 0.335 e. The predicted octanol–water partition coefficient (Wildman–Crippen LogP) is 2.78. The number of carboxylic acid groups (broad SMARTS) is 1. The van der Waals surface area contributed by atoms with Crippen molar-refractivity contribution in [2.75, 3.05) is 5.32 Å². The minimum atomic E-state index is -1.02. The van der Waals surface area contributed by atoms with Crippen molar-refractivity contribution < 1.29 is 14.8 Å². The molecule has 0 atom stereocenters. The van der Waals surface area contributed by atoms with Crippen LogP contribution in [0.15, 0.2) is 42.5 Å². The average Bonchev–Trinajstić information content (AvgIpc) is 2.94. The summed E-state index contributed by atoms with van der Waals surface area (Å²) in [6.45, 7) is 0.225. The van der Waals surface area contributed by atoms with Gasteiger partial charge in [0.05, 0.1) is 21.5 Å². The van der Waals surface area contributed by atoms with Crippen molar-refractivity contribution in [3.63, 3.8) is 0 Å². The number of carboxylic acids is 1. The molecule has 8 heteroatoms. The first kappa shape index (κ1) is 14.5. The van der Waals surface area contributed by atoms with Gasteiger partial charge in [0.25, 0.3) is 5.69 Å². The minimum absolute atomic E-state index is 0.0317. The van der Waals surface area contributed by atoms with Crippen molar-refractivity contribution in [3.8, 4) is 0 Å². The molecule has 0 bridgehead atoms. The van der Waals surface area contributed by atoms with Crippen molar-refractivity contribution in [1.29, 1.82) is 0 Å². The molecule has 3 N–H and O–H groups in total. The van der Waals surface area contributed by atoms with E-state index in [2.05, 4.69) is 15.3 Å². The standard InChI is InChI=1S/C15H12N4O4/c20-14(21)9-5-6-11-12(7-9)18-15(17-11)16-8-10-3-1-2-4-13(10)19(22)23/h1-7H,8H2,(H,20,21)(H2,16,17,18). The quantitative estimate of drug-likeness (QED) is 0.492. The predicted molar refractivity (Wildman–Crippen MR) is 83.5 cm³/mol. The number of H-pyrrole nitrogens is 1. The van der Waals surface area contributed by atoms with Crippen LogP contribution in [0.25, 0.3) is 11.0 Å². The average molecular weight is 312 g/mol. The molecule has 1 aromatic heterocycles. The van der Waals surface area contributed by atoms with Gasteiger partial charge in [-0.25, -0.2) is 9.78 Å². The van der Waals surface area contributed by atoms with Gasteiger partial charge in [-0.05, 0) is 18.2 Å². The zero-order valence-corrected chi connectivity index (χ0v) is 11.8. The first-order valence-corrected chi connectivity index (χ1v) is 6.74. The first-order chi connectivity index (χ1) is 11.0. The molecule has 0 saturated carbocycles. The van der Waals surface area contributed by atoms with Crippen molar-refractivity contribution in [2.45, 2.75) is 6.54 Å². The summed E-state index contributed by atoms with van der Waals surface area (Å²) in [6.07, 6.45) is 0. The van der Waals surface area contributed by atoms with Gasteiger partial charge in [0.15, 0.2) is 0 Å². The molecule has 0 saturated heterocycles. The Morgan fingerprint density at radius 1 is 1.30 bits per heavy atom. The number of para-hydroxylation sites is 1. The molecule has 0 unspecified atom stereocenters. The lowest BCUT2D eigenvalue weighted by Crippen LogP contribution is -2.03. The molecule has 8 nitrogen and oxygen atoms in total. The van der Waals surface area contributed by atoms with Gasteiger partial charge in [0.1, 0.15) is 0 Å². The maximum atomic E-state index is 11.0. The lowest BCUT2D eigenvalue weighted by atomic mass is 10.2. The second-order valence-corrected chi connectivity index (χ2v) is 4.86. The number of hydrogen-bond donors (Lipinski definition) is 3. The van der Waals surface area contributed by atoms with E-state index in [1.54, 1.807) is 24.3 Å². The summed E-state index contributed by atoms with van der Waals surface area (Å²) < 4.78 is 0. The van der Waals surface area contributed by atoms with E-state index >= 15 is 0 Å².